The molecule has 86 valence electrons. The van der Waals surface area contributed by atoms with E-state index in [1.807, 2.05) is 6.07 Å². The Labute approximate surface area is 93.7 Å². The van der Waals surface area contributed by atoms with Gasteiger partial charge in [0.15, 0.2) is 11.5 Å². The normalized spacial score (nSPS) is 12.6. The second-order valence-corrected chi connectivity index (χ2v) is 3.53. The third-order valence-electron chi connectivity index (χ3n) is 2.48. The molecule has 0 saturated heterocycles. The van der Waals surface area contributed by atoms with Crippen LogP contribution >= 0.6 is 0 Å². The van der Waals surface area contributed by atoms with E-state index < -0.39 is 0 Å². The monoisotopic (exact) mass is 222 g/mol. The molecule has 0 bridgehead atoms. The Bertz CT molecular complexity index is 406. The topological polar surface area (TPSA) is 64.8 Å². The van der Waals surface area contributed by atoms with Gasteiger partial charge in [0, 0.05) is 31.8 Å². The van der Waals surface area contributed by atoms with Gasteiger partial charge in [-0.3, -0.25) is 4.79 Å². The molecule has 0 atom stereocenters. The average Bonchev–Trinajstić information content (AvgIpc) is 2.75. The lowest BCUT2D eigenvalue weighted by Crippen LogP contribution is -2.27. The molecule has 16 heavy (non-hydrogen) atoms. The Kier molecular flexibility index (Phi) is 2.96. The Morgan fingerprint density at radius 2 is 2.19 bits per heavy atom. The van der Waals surface area contributed by atoms with Crippen molar-refractivity contribution < 1.29 is 14.3 Å². The lowest BCUT2D eigenvalue weighted by molar-refractivity contribution is -0.118. The van der Waals surface area contributed by atoms with Gasteiger partial charge in [-0.2, -0.15) is 0 Å². The summed E-state index contributed by atoms with van der Waals surface area (Å²) in [5, 5.41) is 0. The van der Waals surface area contributed by atoms with Crippen molar-refractivity contribution in [1.29, 1.82) is 0 Å². The lowest BCUT2D eigenvalue weighted by atomic mass is 10.2. The van der Waals surface area contributed by atoms with E-state index in [-0.39, 0.29) is 12.7 Å². The van der Waals surface area contributed by atoms with Gasteiger partial charge in [0.25, 0.3) is 0 Å². The molecule has 0 aliphatic carbocycles. The fraction of sp³-hybridized carbons (Fsp3) is 0.364. The van der Waals surface area contributed by atoms with Crippen LogP contribution in [0.5, 0.6) is 11.5 Å². The maximum absolute atomic E-state index is 11.6. The number of nitrogens with zero attached hydrogens (tertiary/aromatic N) is 1. The third kappa shape index (κ3) is 1.94. The highest BCUT2D eigenvalue weighted by atomic mass is 16.7. The molecule has 0 aromatic heterocycles. The predicted molar refractivity (Wildman–Crippen MR) is 59.6 cm³/mol. The first kappa shape index (κ1) is 10.8. The van der Waals surface area contributed by atoms with Crippen LogP contribution in [0, 0.1) is 0 Å². The summed E-state index contributed by atoms with van der Waals surface area (Å²) in [6.45, 7) is 0.590. The zero-order chi connectivity index (χ0) is 11.5. The number of carbonyl (C=O) groups excluding carboxylic acids is 1. The second-order valence-electron chi connectivity index (χ2n) is 3.53. The number of hydrogen-bond donors (Lipinski definition) is 1. The molecule has 5 nitrogen and oxygen atoms in total. The number of benzene rings is 1. The van der Waals surface area contributed by atoms with Gasteiger partial charge >= 0.3 is 0 Å². The molecule has 1 heterocycles. The zero-order valence-electron chi connectivity index (χ0n) is 9.10. The SMILES string of the molecule is CN(C(=O)CCN)c1ccc2c(c1)OCO2. The van der Waals surface area contributed by atoms with Crippen molar-refractivity contribution in [2.75, 3.05) is 25.3 Å². The van der Waals surface area contributed by atoms with Crippen LogP contribution in [0.15, 0.2) is 18.2 Å². The van der Waals surface area contributed by atoms with Crippen LogP contribution in [0.2, 0.25) is 0 Å². The van der Waals surface area contributed by atoms with E-state index in [1.165, 1.54) is 0 Å². The summed E-state index contributed by atoms with van der Waals surface area (Å²) in [5.41, 5.74) is 6.12. The maximum Gasteiger partial charge on any atom is 0.231 e. The number of fused-ring (bicyclic) bond motifs is 1. The largest absolute Gasteiger partial charge is 0.454 e. The predicted octanol–water partition coefficient (Wildman–Crippen LogP) is 0.727. The Hall–Kier alpha value is -1.75. The first-order valence-electron chi connectivity index (χ1n) is 5.08. The highest BCUT2D eigenvalue weighted by molar-refractivity contribution is 5.93. The van der Waals surface area contributed by atoms with E-state index >= 15 is 0 Å². The first-order valence-corrected chi connectivity index (χ1v) is 5.08. The van der Waals surface area contributed by atoms with Crippen molar-refractivity contribution in [3.05, 3.63) is 18.2 Å². The number of nitrogens with two attached hydrogens (primary N) is 1. The molecule has 2 N–H and O–H groups in total. The molecule has 1 aliphatic heterocycles. The van der Waals surface area contributed by atoms with Gasteiger partial charge in [0.2, 0.25) is 12.7 Å². The molecule has 1 aromatic carbocycles. The van der Waals surface area contributed by atoms with Crippen LogP contribution in [0.3, 0.4) is 0 Å². The molecule has 0 saturated carbocycles. The number of ether oxygens (including phenoxy) is 2. The summed E-state index contributed by atoms with van der Waals surface area (Å²) < 4.78 is 10.4. The molecule has 0 radical (unpaired) electrons. The highest BCUT2D eigenvalue weighted by Crippen LogP contribution is 2.35. The van der Waals surface area contributed by atoms with Crippen LogP contribution in [-0.4, -0.2) is 26.3 Å². The highest BCUT2D eigenvalue weighted by Gasteiger charge is 2.16. The first-order chi connectivity index (χ1) is 7.72. The molecule has 1 aliphatic rings. The number of carbonyl (C=O) groups is 1. The zero-order valence-corrected chi connectivity index (χ0v) is 9.10. The van der Waals surface area contributed by atoms with E-state index in [9.17, 15) is 4.79 Å². The van der Waals surface area contributed by atoms with Gasteiger partial charge in [-0.15, -0.1) is 0 Å². The minimum absolute atomic E-state index is 0.0126. The summed E-state index contributed by atoms with van der Waals surface area (Å²) in [5.74, 6) is 1.37. The van der Waals surface area contributed by atoms with Crippen molar-refractivity contribution in [3.8, 4) is 11.5 Å². The van der Waals surface area contributed by atoms with E-state index in [0.717, 1.165) is 5.69 Å². The van der Waals surface area contributed by atoms with Crippen molar-refractivity contribution in [3.63, 3.8) is 0 Å². The average molecular weight is 222 g/mol. The van der Waals surface area contributed by atoms with Gasteiger partial charge < -0.3 is 20.1 Å². The summed E-state index contributed by atoms with van der Waals surface area (Å²) >= 11 is 0. The maximum atomic E-state index is 11.6. The molecular formula is C11H14N2O3. The smallest absolute Gasteiger partial charge is 0.231 e. The molecule has 0 unspecified atom stereocenters. The summed E-state index contributed by atoms with van der Waals surface area (Å²) in [7, 11) is 1.72. The standard InChI is InChI=1S/C11H14N2O3/c1-13(11(14)4-5-12)8-2-3-9-10(6-8)16-7-15-9/h2-3,6H,4-5,7,12H2,1H3. The summed E-state index contributed by atoms with van der Waals surface area (Å²) in [6, 6.07) is 5.41. The minimum atomic E-state index is -0.0126. The van der Waals surface area contributed by atoms with Crippen LogP contribution < -0.4 is 20.1 Å². The molecule has 2 rings (SSSR count). The van der Waals surface area contributed by atoms with Crippen LogP contribution in [0.1, 0.15) is 6.42 Å². The summed E-state index contributed by atoms with van der Waals surface area (Å²) in [6.07, 6.45) is 0.338. The van der Waals surface area contributed by atoms with Crippen molar-refractivity contribution in [2.24, 2.45) is 5.73 Å². The molecule has 5 heteroatoms. The van der Waals surface area contributed by atoms with Crippen molar-refractivity contribution in [2.45, 2.75) is 6.42 Å². The Morgan fingerprint density at radius 1 is 1.44 bits per heavy atom. The minimum Gasteiger partial charge on any atom is -0.454 e. The number of rotatable bonds is 3. The Balaban J connectivity index is 2.18. The van der Waals surface area contributed by atoms with Crippen LogP contribution in [-0.2, 0) is 4.79 Å². The molecule has 0 spiro atoms. The van der Waals surface area contributed by atoms with E-state index in [2.05, 4.69) is 0 Å². The third-order valence-corrected chi connectivity index (χ3v) is 2.48. The molecule has 1 aromatic rings. The number of hydrogen-bond acceptors (Lipinski definition) is 4. The van der Waals surface area contributed by atoms with Crippen LogP contribution in [0.25, 0.3) is 0 Å². The summed E-state index contributed by atoms with van der Waals surface area (Å²) in [4.78, 5) is 13.2. The molecule has 1 amide bonds. The quantitative estimate of drug-likeness (QED) is 0.818. The van der Waals surface area contributed by atoms with Gasteiger partial charge in [-0.05, 0) is 12.1 Å². The van der Waals surface area contributed by atoms with Gasteiger partial charge in [0.1, 0.15) is 0 Å². The number of amides is 1. The second kappa shape index (κ2) is 4.40. The van der Waals surface area contributed by atoms with Gasteiger partial charge in [0.05, 0.1) is 0 Å². The fourth-order valence-electron chi connectivity index (χ4n) is 1.53. The lowest BCUT2D eigenvalue weighted by Gasteiger charge is -2.17. The number of anilines is 1. The van der Waals surface area contributed by atoms with Gasteiger partial charge in [-0.1, -0.05) is 0 Å². The fourth-order valence-corrected chi connectivity index (χ4v) is 1.53. The van der Waals surface area contributed by atoms with E-state index in [1.54, 1.807) is 24.1 Å². The van der Waals surface area contributed by atoms with Crippen LogP contribution in [0.4, 0.5) is 5.69 Å². The Morgan fingerprint density at radius 3 is 2.94 bits per heavy atom. The molecular weight excluding hydrogens is 208 g/mol. The van der Waals surface area contributed by atoms with Gasteiger partial charge in [-0.25, -0.2) is 0 Å². The van der Waals surface area contributed by atoms with Crippen molar-refractivity contribution >= 4 is 11.6 Å². The van der Waals surface area contributed by atoms with Crippen molar-refractivity contribution in [1.82, 2.24) is 0 Å². The van der Waals surface area contributed by atoms with E-state index in [0.29, 0.717) is 24.5 Å². The molecule has 0 fully saturated rings. The van der Waals surface area contributed by atoms with E-state index in [4.69, 9.17) is 15.2 Å².